The fourth-order valence-corrected chi connectivity index (χ4v) is 3.10. The number of rotatable bonds is 4. The van der Waals surface area contributed by atoms with E-state index in [4.69, 9.17) is 16.3 Å². The Morgan fingerprint density at radius 3 is 2.76 bits per heavy atom. The number of nitrogens with one attached hydrogen (secondary N) is 2. The van der Waals surface area contributed by atoms with Gasteiger partial charge in [-0.2, -0.15) is 0 Å². The molecule has 1 aromatic carbocycles. The molecule has 0 saturated carbocycles. The summed E-state index contributed by atoms with van der Waals surface area (Å²) in [5.41, 5.74) is 2.77. The summed E-state index contributed by atoms with van der Waals surface area (Å²) in [5.74, 6) is -0.235. The summed E-state index contributed by atoms with van der Waals surface area (Å²) in [6.07, 6.45) is 0. The minimum absolute atomic E-state index is 0.224. The summed E-state index contributed by atoms with van der Waals surface area (Å²) >= 11 is 6.14. The summed E-state index contributed by atoms with van der Waals surface area (Å²) in [4.78, 5) is 28.6. The van der Waals surface area contributed by atoms with Crippen LogP contribution in [0.5, 0.6) is 0 Å². The van der Waals surface area contributed by atoms with Crippen molar-refractivity contribution in [3.05, 3.63) is 62.5 Å². The summed E-state index contributed by atoms with van der Waals surface area (Å²) in [7, 11) is 0. The molecule has 0 bridgehead atoms. The highest BCUT2D eigenvalue weighted by molar-refractivity contribution is 6.30. The van der Waals surface area contributed by atoms with Crippen molar-refractivity contribution in [2.75, 3.05) is 31.2 Å². The van der Waals surface area contributed by atoms with Gasteiger partial charge in [0.25, 0.3) is 5.91 Å². The number of hydrogen-bond acceptors (Lipinski definition) is 4. The van der Waals surface area contributed by atoms with Gasteiger partial charge in [0.1, 0.15) is 0 Å². The third-order valence-corrected chi connectivity index (χ3v) is 4.43. The number of morpholine rings is 1. The van der Waals surface area contributed by atoms with Crippen LogP contribution in [0.4, 0.5) is 5.69 Å². The number of anilines is 1. The lowest BCUT2D eigenvalue weighted by atomic mass is 10.1. The number of benzene rings is 1. The lowest BCUT2D eigenvalue weighted by molar-refractivity contribution is 0.0949. The zero-order valence-electron chi connectivity index (χ0n) is 14.0. The Balaban J connectivity index is 1.76. The van der Waals surface area contributed by atoms with Crippen LogP contribution in [0.15, 0.2) is 35.1 Å². The highest BCUT2D eigenvalue weighted by Crippen LogP contribution is 2.25. The van der Waals surface area contributed by atoms with Crippen molar-refractivity contribution in [3.8, 4) is 0 Å². The molecule has 1 aromatic heterocycles. The number of ether oxygens (including phenoxy) is 1. The number of aryl methyl sites for hydroxylation is 1. The zero-order valence-corrected chi connectivity index (χ0v) is 14.7. The van der Waals surface area contributed by atoms with Gasteiger partial charge < -0.3 is 19.9 Å². The molecule has 132 valence electrons. The van der Waals surface area contributed by atoms with Crippen LogP contribution in [0.1, 0.15) is 21.6 Å². The molecule has 1 aliphatic heterocycles. The lowest BCUT2D eigenvalue weighted by Crippen LogP contribution is -2.37. The maximum atomic E-state index is 12.4. The van der Waals surface area contributed by atoms with E-state index < -0.39 is 0 Å². The van der Waals surface area contributed by atoms with Crippen LogP contribution in [-0.2, 0) is 11.3 Å². The molecule has 2 aromatic rings. The second-order valence-corrected chi connectivity index (χ2v) is 6.35. The summed E-state index contributed by atoms with van der Waals surface area (Å²) < 4.78 is 5.40. The first-order chi connectivity index (χ1) is 12.0. The Morgan fingerprint density at radius 2 is 2.04 bits per heavy atom. The molecule has 3 rings (SSSR count). The Labute approximate surface area is 150 Å². The molecule has 1 saturated heterocycles. The van der Waals surface area contributed by atoms with E-state index >= 15 is 0 Å². The molecule has 25 heavy (non-hydrogen) atoms. The van der Waals surface area contributed by atoms with Crippen molar-refractivity contribution in [2.24, 2.45) is 0 Å². The van der Waals surface area contributed by atoms with E-state index in [1.54, 1.807) is 6.92 Å². The molecule has 7 heteroatoms. The number of aromatic amines is 1. The van der Waals surface area contributed by atoms with E-state index in [9.17, 15) is 9.59 Å². The van der Waals surface area contributed by atoms with Gasteiger partial charge in [0.05, 0.1) is 18.8 Å². The molecule has 2 heterocycles. The lowest BCUT2D eigenvalue weighted by Gasteiger charge is -2.30. The molecular formula is C18H20ClN3O3. The second-order valence-electron chi connectivity index (χ2n) is 5.92. The molecule has 0 spiro atoms. The van der Waals surface area contributed by atoms with Crippen LogP contribution >= 0.6 is 11.6 Å². The van der Waals surface area contributed by atoms with E-state index in [0.717, 1.165) is 24.3 Å². The molecule has 0 radical (unpaired) electrons. The van der Waals surface area contributed by atoms with E-state index in [0.29, 0.717) is 36.0 Å². The number of carbonyl (C=O) groups excluding carboxylic acids is 1. The van der Waals surface area contributed by atoms with Crippen molar-refractivity contribution < 1.29 is 9.53 Å². The monoisotopic (exact) mass is 361 g/mol. The number of aromatic nitrogens is 1. The first kappa shape index (κ1) is 17.5. The van der Waals surface area contributed by atoms with Gasteiger partial charge in [-0.3, -0.25) is 9.59 Å². The summed E-state index contributed by atoms with van der Waals surface area (Å²) in [6.45, 7) is 5.04. The number of nitrogens with zero attached hydrogens (tertiary/aromatic N) is 1. The average Bonchev–Trinajstić information content (AvgIpc) is 2.60. The molecule has 2 N–H and O–H groups in total. The quantitative estimate of drug-likeness (QED) is 0.874. The SMILES string of the molecule is Cc1[nH]c(=O)ccc1C(=O)NCc1cc(Cl)ccc1N1CCOCC1. The number of carbonyl (C=O) groups is 1. The normalized spacial score (nSPS) is 14.4. The van der Waals surface area contributed by atoms with Crippen LogP contribution in [0.2, 0.25) is 5.02 Å². The molecule has 0 aliphatic carbocycles. The van der Waals surface area contributed by atoms with Crippen molar-refractivity contribution in [2.45, 2.75) is 13.5 Å². The van der Waals surface area contributed by atoms with Crippen molar-refractivity contribution >= 4 is 23.2 Å². The third-order valence-electron chi connectivity index (χ3n) is 4.19. The van der Waals surface area contributed by atoms with Crippen molar-refractivity contribution in [3.63, 3.8) is 0 Å². The Hall–Kier alpha value is -2.31. The standard InChI is InChI=1S/C18H20ClN3O3/c1-12-15(3-5-17(23)21-12)18(24)20-11-13-10-14(19)2-4-16(13)22-6-8-25-9-7-22/h2-5,10H,6-9,11H2,1H3,(H,20,24)(H,21,23). The van der Waals surface area contributed by atoms with E-state index in [2.05, 4.69) is 15.2 Å². The molecule has 1 aliphatic rings. The Kier molecular flexibility index (Phi) is 5.40. The number of amides is 1. The van der Waals surface area contributed by atoms with Gasteiger partial charge in [0, 0.05) is 42.1 Å². The Bertz CT molecular complexity index is 829. The van der Waals surface area contributed by atoms with Crippen LogP contribution < -0.4 is 15.8 Å². The maximum absolute atomic E-state index is 12.4. The van der Waals surface area contributed by atoms with Crippen molar-refractivity contribution in [1.82, 2.24) is 10.3 Å². The summed E-state index contributed by atoms with van der Waals surface area (Å²) in [5, 5.41) is 3.53. The van der Waals surface area contributed by atoms with Gasteiger partial charge in [-0.05, 0) is 36.8 Å². The van der Waals surface area contributed by atoms with Crippen molar-refractivity contribution in [1.29, 1.82) is 0 Å². The number of H-pyrrole nitrogens is 1. The van der Waals surface area contributed by atoms with Crippen LogP contribution in [0.25, 0.3) is 0 Å². The van der Waals surface area contributed by atoms with Crippen LogP contribution in [0.3, 0.4) is 0 Å². The number of halogens is 1. The smallest absolute Gasteiger partial charge is 0.253 e. The minimum atomic E-state index is -0.235. The fourth-order valence-electron chi connectivity index (χ4n) is 2.90. The number of hydrogen-bond donors (Lipinski definition) is 2. The third kappa shape index (κ3) is 4.21. The van der Waals surface area contributed by atoms with Crippen LogP contribution in [0, 0.1) is 6.92 Å². The maximum Gasteiger partial charge on any atom is 0.253 e. The van der Waals surface area contributed by atoms with E-state index in [-0.39, 0.29) is 11.5 Å². The topological polar surface area (TPSA) is 74.4 Å². The second kappa shape index (κ2) is 7.72. The first-order valence-corrected chi connectivity index (χ1v) is 8.51. The first-order valence-electron chi connectivity index (χ1n) is 8.14. The van der Waals surface area contributed by atoms with Gasteiger partial charge in [-0.1, -0.05) is 11.6 Å². The highest BCUT2D eigenvalue weighted by atomic mass is 35.5. The van der Waals surface area contributed by atoms with Gasteiger partial charge in [-0.15, -0.1) is 0 Å². The molecule has 0 atom stereocenters. The van der Waals surface area contributed by atoms with Gasteiger partial charge in [0.15, 0.2) is 0 Å². The predicted molar refractivity (Wildman–Crippen MR) is 97.5 cm³/mol. The predicted octanol–water partition coefficient (Wildman–Crippen LogP) is 2.10. The van der Waals surface area contributed by atoms with Gasteiger partial charge in [0.2, 0.25) is 5.56 Å². The Morgan fingerprint density at radius 1 is 1.28 bits per heavy atom. The summed E-state index contributed by atoms with van der Waals surface area (Å²) in [6, 6.07) is 8.57. The molecular weight excluding hydrogens is 342 g/mol. The van der Waals surface area contributed by atoms with E-state index in [1.165, 1.54) is 12.1 Å². The molecule has 1 fully saturated rings. The average molecular weight is 362 g/mol. The number of pyridine rings is 1. The molecule has 0 unspecified atom stereocenters. The highest BCUT2D eigenvalue weighted by Gasteiger charge is 2.16. The van der Waals surface area contributed by atoms with Gasteiger partial charge in [-0.25, -0.2) is 0 Å². The minimum Gasteiger partial charge on any atom is -0.378 e. The molecule has 6 nitrogen and oxygen atoms in total. The van der Waals surface area contributed by atoms with E-state index in [1.807, 2.05) is 18.2 Å². The largest absolute Gasteiger partial charge is 0.378 e. The fraction of sp³-hybridized carbons (Fsp3) is 0.333. The molecule has 1 amide bonds. The van der Waals surface area contributed by atoms with Gasteiger partial charge >= 0.3 is 0 Å². The zero-order chi connectivity index (χ0) is 17.8. The van der Waals surface area contributed by atoms with Crippen LogP contribution in [-0.4, -0.2) is 37.2 Å².